The van der Waals surface area contributed by atoms with E-state index in [-0.39, 0.29) is 24.1 Å². The lowest BCUT2D eigenvalue weighted by Gasteiger charge is -2.25. The lowest BCUT2D eigenvalue weighted by molar-refractivity contribution is -0.131. The molecule has 0 heterocycles. The molecule has 0 spiro atoms. The zero-order chi connectivity index (χ0) is 15.4. The molecule has 1 amide bonds. The third-order valence-electron chi connectivity index (χ3n) is 3.65. The van der Waals surface area contributed by atoms with E-state index in [9.17, 15) is 9.90 Å². The fourth-order valence-corrected chi connectivity index (χ4v) is 2.32. The van der Waals surface area contributed by atoms with Gasteiger partial charge in [0.2, 0.25) is 5.91 Å². The first-order valence-electron chi connectivity index (χ1n) is 6.77. The summed E-state index contributed by atoms with van der Waals surface area (Å²) in [6, 6.07) is 14.2. The molecule has 0 fully saturated rings. The molecule has 1 N–H and O–H groups in total. The van der Waals surface area contributed by atoms with E-state index in [1.165, 1.54) is 0 Å². The number of halogens is 1. The van der Waals surface area contributed by atoms with Crippen LogP contribution < -0.4 is 0 Å². The Kier molecular flexibility index (Phi) is 4.86. The van der Waals surface area contributed by atoms with E-state index in [0.717, 1.165) is 11.1 Å². The zero-order valence-corrected chi connectivity index (χ0v) is 12.8. The van der Waals surface area contributed by atoms with Crippen LogP contribution in [-0.2, 0) is 11.2 Å². The summed E-state index contributed by atoms with van der Waals surface area (Å²) in [7, 11) is 1.77. The Labute approximate surface area is 129 Å². The van der Waals surface area contributed by atoms with Crippen molar-refractivity contribution in [2.75, 3.05) is 7.05 Å². The van der Waals surface area contributed by atoms with Crippen LogP contribution in [-0.4, -0.2) is 23.0 Å². The van der Waals surface area contributed by atoms with Gasteiger partial charge in [0.25, 0.3) is 0 Å². The normalized spacial score (nSPS) is 12.0. The fourth-order valence-electron chi connectivity index (χ4n) is 2.12. The largest absolute Gasteiger partial charge is 0.508 e. The number of benzene rings is 2. The third-order valence-corrected chi connectivity index (χ3v) is 4.02. The number of hydrogen-bond donors (Lipinski definition) is 1. The molecule has 0 bridgehead atoms. The van der Waals surface area contributed by atoms with Crippen molar-refractivity contribution in [3.63, 3.8) is 0 Å². The minimum absolute atomic E-state index is 0.00340. The van der Waals surface area contributed by atoms with E-state index in [0.29, 0.717) is 5.02 Å². The van der Waals surface area contributed by atoms with Gasteiger partial charge < -0.3 is 10.0 Å². The van der Waals surface area contributed by atoms with Gasteiger partial charge in [-0.2, -0.15) is 0 Å². The Bertz CT molecular complexity index is 625. The standard InChI is InChI=1S/C17H18ClNO2/c1-12(13-7-9-15(20)10-8-13)19(2)17(21)11-14-5-3-4-6-16(14)18/h3-10,12,20H,11H2,1-2H3. The summed E-state index contributed by atoms with van der Waals surface area (Å²) in [5.41, 5.74) is 1.80. The number of phenols is 1. The van der Waals surface area contributed by atoms with Crippen LogP contribution in [0.3, 0.4) is 0 Å². The molecule has 3 nitrogen and oxygen atoms in total. The molecule has 0 aliphatic rings. The Balaban J connectivity index is 2.08. The van der Waals surface area contributed by atoms with Crippen molar-refractivity contribution in [2.45, 2.75) is 19.4 Å². The van der Waals surface area contributed by atoms with Gasteiger partial charge in [-0.1, -0.05) is 41.9 Å². The second-order valence-electron chi connectivity index (χ2n) is 5.04. The summed E-state index contributed by atoms with van der Waals surface area (Å²) in [6.45, 7) is 1.96. The maximum absolute atomic E-state index is 12.4. The first-order valence-corrected chi connectivity index (χ1v) is 7.15. The summed E-state index contributed by atoms with van der Waals surface area (Å²) >= 11 is 6.09. The average molecular weight is 304 g/mol. The highest BCUT2D eigenvalue weighted by Crippen LogP contribution is 2.23. The van der Waals surface area contributed by atoms with Crippen molar-refractivity contribution < 1.29 is 9.90 Å². The van der Waals surface area contributed by atoms with E-state index in [1.54, 1.807) is 30.1 Å². The molecule has 0 radical (unpaired) electrons. The SMILES string of the molecule is CC(c1ccc(O)cc1)N(C)C(=O)Cc1ccccc1Cl. The number of nitrogens with zero attached hydrogens (tertiary/aromatic N) is 1. The summed E-state index contributed by atoms with van der Waals surface area (Å²) in [5.74, 6) is 0.222. The van der Waals surface area contributed by atoms with E-state index in [4.69, 9.17) is 11.6 Å². The van der Waals surface area contributed by atoms with Gasteiger partial charge in [-0.25, -0.2) is 0 Å². The monoisotopic (exact) mass is 303 g/mol. The molecule has 2 rings (SSSR count). The van der Waals surface area contributed by atoms with Crippen LogP contribution >= 0.6 is 11.6 Å². The van der Waals surface area contributed by atoms with Gasteiger partial charge in [0.1, 0.15) is 5.75 Å². The quantitative estimate of drug-likeness (QED) is 0.933. The van der Waals surface area contributed by atoms with Crippen LogP contribution in [0.1, 0.15) is 24.1 Å². The summed E-state index contributed by atoms with van der Waals surface area (Å²) in [4.78, 5) is 14.1. The summed E-state index contributed by atoms with van der Waals surface area (Å²) < 4.78 is 0. The minimum Gasteiger partial charge on any atom is -0.508 e. The fraction of sp³-hybridized carbons (Fsp3) is 0.235. The third kappa shape index (κ3) is 3.76. The highest BCUT2D eigenvalue weighted by Gasteiger charge is 2.18. The van der Waals surface area contributed by atoms with Crippen molar-refractivity contribution >= 4 is 17.5 Å². The van der Waals surface area contributed by atoms with Gasteiger partial charge in [0.05, 0.1) is 12.5 Å². The van der Waals surface area contributed by atoms with E-state index in [1.807, 2.05) is 37.3 Å². The predicted octanol–water partition coefficient (Wildman–Crippen LogP) is 3.81. The lowest BCUT2D eigenvalue weighted by Crippen LogP contribution is -2.31. The molecular weight excluding hydrogens is 286 g/mol. The summed E-state index contributed by atoms with van der Waals surface area (Å²) in [6.07, 6.45) is 0.276. The van der Waals surface area contributed by atoms with Crippen LogP contribution in [0.15, 0.2) is 48.5 Å². The highest BCUT2D eigenvalue weighted by atomic mass is 35.5. The van der Waals surface area contributed by atoms with Crippen molar-refractivity contribution in [1.29, 1.82) is 0 Å². The molecule has 0 saturated carbocycles. The maximum Gasteiger partial charge on any atom is 0.227 e. The number of phenolic OH excluding ortho intramolecular Hbond substituents is 1. The average Bonchev–Trinajstić information content (AvgIpc) is 2.49. The van der Waals surface area contributed by atoms with Crippen LogP contribution in [0, 0.1) is 0 Å². The van der Waals surface area contributed by atoms with Crippen LogP contribution in [0.2, 0.25) is 5.02 Å². The lowest BCUT2D eigenvalue weighted by atomic mass is 10.1. The van der Waals surface area contributed by atoms with Crippen molar-refractivity contribution in [3.05, 3.63) is 64.7 Å². The molecule has 110 valence electrons. The van der Waals surface area contributed by atoms with Crippen LogP contribution in [0.4, 0.5) is 0 Å². The van der Waals surface area contributed by atoms with Crippen molar-refractivity contribution in [2.24, 2.45) is 0 Å². The molecule has 21 heavy (non-hydrogen) atoms. The van der Waals surface area contributed by atoms with Gasteiger partial charge in [-0.15, -0.1) is 0 Å². The Hall–Kier alpha value is -2.00. The van der Waals surface area contributed by atoms with E-state index in [2.05, 4.69) is 0 Å². The molecule has 0 aliphatic carbocycles. The second kappa shape index (κ2) is 6.64. The van der Waals surface area contributed by atoms with Crippen LogP contribution in [0.5, 0.6) is 5.75 Å². The number of carbonyl (C=O) groups is 1. The van der Waals surface area contributed by atoms with Crippen LogP contribution in [0.25, 0.3) is 0 Å². The molecule has 2 aromatic carbocycles. The maximum atomic E-state index is 12.4. The Morgan fingerprint density at radius 3 is 2.43 bits per heavy atom. The highest BCUT2D eigenvalue weighted by molar-refractivity contribution is 6.31. The Morgan fingerprint density at radius 1 is 1.19 bits per heavy atom. The van der Waals surface area contributed by atoms with Gasteiger partial charge in [0, 0.05) is 12.1 Å². The molecule has 1 atom stereocenters. The van der Waals surface area contributed by atoms with Crippen molar-refractivity contribution in [1.82, 2.24) is 4.90 Å². The Morgan fingerprint density at radius 2 is 1.81 bits per heavy atom. The van der Waals surface area contributed by atoms with E-state index >= 15 is 0 Å². The number of likely N-dealkylation sites (N-methyl/N-ethyl adjacent to an activating group) is 1. The molecule has 0 saturated heterocycles. The number of rotatable bonds is 4. The van der Waals surface area contributed by atoms with Gasteiger partial charge >= 0.3 is 0 Å². The predicted molar refractivity (Wildman–Crippen MR) is 84.4 cm³/mol. The molecule has 4 heteroatoms. The molecular formula is C17H18ClNO2. The molecule has 0 aliphatic heterocycles. The second-order valence-corrected chi connectivity index (χ2v) is 5.45. The number of hydrogen-bond acceptors (Lipinski definition) is 2. The zero-order valence-electron chi connectivity index (χ0n) is 12.1. The van der Waals surface area contributed by atoms with Gasteiger partial charge in [-0.3, -0.25) is 4.79 Å². The molecule has 1 unspecified atom stereocenters. The van der Waals surface area contributed by atoms with E-state index < -0.39 is 0 Å². The minimum atomic E-state index is -0.0689. The van der Waals surface area contributed by atoms with Gasteiger partial charge in [-0.05, 0) is 36.2 Å². The number of aromatic hydroxyl groups is 1. The first kappa shape index (κ1) is 15.4. The van der Waals surface area contributed by atoms with Crippen molar-refractivity contribution in [3.8, 4) is 5.75 Å². The number of amides is 1. The molecule has 2 aromatic rings. The first-order chi connectivity index (χ1) is 9.99. The summed E-state index contributed by atoms with van der Waals surface area (Å²) in [5, 5.41) is 9.92. The molecule has 0 aromatic heterocycles. The number of carbonyl (C=O) groups excluding carboxylic acids is 1. The smallest absolute Gasteiger partial charge is 0.227 e. The van der Waals surface area contributed by atoms with Gasteiger partial charge in [0.15, 0.2) is 0 Å². The topological polar surface area (TPSA) is 40.5 Å².